The van der Waals surface area contributed by atoms with Crippen LogP contribution in [0.4, 0.5) is 4.79 Å². The fraction of sp³-hybridized carbons (Fsp3) is 0.438. The van der Waals surface area contributed by atoms with E-state index in [9.17, 15) is 4.79 Å². The molecule has 2 aromatic heterocycles. The third-order valence-electron chi connectivity index (χ3n) is 3.89. The molecule has 1 fully saturated rings. The molecule has 1 saturated heterocycles. The second kappa shape index (κ2) is 7.73. The van der Waals surface area contributed by atoms with Crippen LogP contribution in [0.5, 0.6) is 0 Å². The van der Waals surface area contributed by atoms with Gasteiger partial charge in [0.05, 0.1) is 12.4 Å². The van der Waals surface area contributed by atoms with Crippen LogP contribution in [0.3, 0.4) is 0 Å². The lowest BCUT2D eigenvalue weighted by molar-refractivity contribution is -0.00746. The molecule has 2 N–H and O–H groups in total. The Morgan fingerprint density at radius 1 is 1.30 bits per heavy atom. The lowest BCUT2D eigenvalue weighted by Crippen LogP contribution is -2.47. The molecule has 0 spiro atoms. The summed E-state index contributed by atoms with van der Waals surface area (Å²) in [6.07, 6.45) is 10.5. The summed E-state index contributed by atoms with van der Waals surface area (Å²) >= 11 is 0. The number of carbonyl (C=O) groups excluding carboxylic acids is 1. The summed E-state index contributed by atoms with van der Waals surface area (Å²) < 4.78 is 7.78. The zero-order valence-corrected chi connectivity index (χ0v) is 12.9. The van der Waals surface area contributed by atoms with Crippen molar-refractivity contribution in [3.8, 4) is 0 Å². The molecular weight excluding hydrogens is 294 g/mol. The van der Waals surface area contributed by atoms with Crippen molar-refractivity contribution in [2.45, 2.75) is 31.5 Å². The van der Waals surface area contributed by atoms with E-state index in [1.54, 1.807) is 24.9 Å². The Balaban J connectivity index is 1.51. The van der Waals surface area contributed by atoms with Gasteiger partial charge in [0.15, 0.2) is 0 Å². The maximum atomic E-state index is 12.1. The number of pyridine rings is 1. The molecule has 2 amide bonds. The summed E-state index contributed by atoms with van der Waals surface area (Å²) in [6.45, 7) is 1.96. The molecule has 2 atom stereocenters. The van der Waals surface area contributed by atoms with Crippen LogP contribution in [0, 0.1) is 0 Å². The highest BCUT2D eigenvalue weighted by Gasteiger charge is 2.28. The van der Waals surface area contributed by atoms with Crippen molar-refractivity contribution in [2.75, 3.05) is 13.2 Å². The average molecular weight is 315 g/mol. The first-order valence-corrected chi connectivity index (χ1v) is 7.84. The van der Waals surface area contributed by atoms with Gasteiger partial charge in [-0.05, 0) is 30.5 Å². The van der Waals surface area contributed by atoms with E-state index in [-0.39, 0.29) is 18.2 Å². The number of imidazole rings is 1. The summed E-state index contributed by atoms with van der Waals surface area (Å²) in [5, 5.41) is 5.90. The molecule has 0 aromatic carbocycles. The van der Waals surface area contributed by atoms with Gasteiger partial charge in [-0.3, -0.25) is 4.98 Å². The lowest BCUT2D eigenvalue weighted by Gasteiger charge is -2.32. The number of carbonyl (C=O) groups is 1. The van der Waals surface area contributed by atoms with Gasteiger partial charge >= 0.3 is 6.03 Å². The van der Waals surface area contributed by atoms with E-state index in [1.807, 2.05) is 22.9 Å². The zero-order valence-electron chi connectivity index (χ0n) is 12.9. The Morgan fingerprint density at radius 2 is 2.17 bits per heavy atom. The molecule has 7 heteroatoms. The number of nitrogens with zero attached hydrogens (tertiary/aromatic N) is 3. The first-order chi connectivity index (χ1) is 11.3. The quantitative estimate of drug-likeness (QED) is 0.876. The van der Waals surface area contributed by atoms with Crippen LogP contribution >= 0.6 is 0 Å². The first-order valence-electron chi connectivity index (χ1n) is 7.84. The number of hydrogen-bond acceptors (Lipinski definition) is 4. The number of nitrogens with one attached hydrogen (secondary N) is 2. The maximum absolute atomic E-state index is 12.1. The predicted molar refractivity (Wildman–Crippen MR) is 84.7 cm³/mol. The van der Waals surface area contributed by atoms with Crippen molar-refractivity contribution in [2.24, 2.45) is 0 Å². The van der Waals surface area contributed by atoms with E-state index < -0.39 is 0 Å². The molecule has 0 unspecified atom stereocenters. The Bertz CT molecular complexity index is 602. The summed E-state index contributed by atoms with van der Waals surface area (Å²) in [7, 11) is 0. The van der Waals surface area contributed by atoms with E-state index in [0.29, 0.717) is 19.7 Å². The maximum Gasteiger partial charge on any atom is 0.315 e. The van der Waals surface area contributed by atoms with Crippen LogP contribution in [0.1, 0.15) is 24.5 Å². The number of hydrogen-bond donors (Lipinski definition) is 2. The van der Waals surface area contributed by atoms with Crippen molar-refractivity contribution in [1.29, 1.82) is 0 Å². The van der Waals surface area contributed by atoms with Gasteiger partial charge in [0.2, 0.25) is 0 Å². The second-order valence-electron chi connectivity index (χ2n) is 5.52. The minimum atomic E-state index is -0.167. The molecule has 0 aliphatic carbocycles. The van der Waals surface area contributed by atoms with Crippen molar-refractivity contribution >= 4 is 6.03 Å². The van der Waals surface area contributed by atoms with Crippen molar-refractivity contribution in [3.05, 3.63) is 48.8 Å². The molecule has 122 valence electrons. The second-order valence-corrected chi connectivity index (χ2v) is 5.52. The van der Waals surface area contributed by atoms with Gasteiger partial charge in [-0.1, -0.05) is 0 Å². The summed E-state index contributed by atoms with van der Waals surface area (Å²) in [5.74, 6) is 0. The summed E-state index contributed by atoms with van der Waals surface area (Å²) in [6, 6.07) is 3.67. The molecular formula is C16H21N5O2. The van der Waals surface area contributed by atoms with E-state index in [2.05, 4.69) is 20.6 Å². The largest absolute Gasteiger partial charge is 0.371 e. The van der Waals surface area contributed by atoms with Crippen LogP contribution in [-0.2, 0) is 11.3 Å². The molecule has 23 heavy (non-hydrogen) atoms. The van der Waals surface area contributed by atoms with E-state index in [4.69, 9.17) is 4.74 Å². The molecule has 2 aromatic rings. The third kappa shape index (κ3) is 4.29. The van der Waals surface area contributed by atoms with Crippen molar-refractivity contribution in [3.63, 3.8) is 0 Å². The number of ether oxygens (including phenoxy) is 1. The van der Waals surface area contributed by atoms with E-state index >= 15 is 0 Å². The van der Waals surface area contributed by atoms with E-state index in [0.717, 1.165) is 18.4 Å². The van der Waals surface area contributed by atoms with Crippen LogP contribution < -0.4 is 10.6 Å². The predicted octanol–water partition coefficient (Wildman–Crippen LogP) is 1.50. The molecule has 1 aliphatic heterocycles. The Kier molecular flexibility index (Phi) is 5.21. The fourth-order valence-corrected chi connectivity index (χ4v) is 2.75. The van der Waals surface area contributed by atoms with Crippen LogP contribution in [0.2, 0.25) is 0 Å². The fourth-order valence-electron chi connectivity index (χ4n) is 2.75. The van der Waals surface area contributed by atoms with Gasteiger partial charge in [0.25, 0.3) is 0 Å². The molecule has 0 radical (unpaired) electrons. The van der Waals surface area contributed by atoms with Crippen molar-refractivity contribution in [1.82, 2.24) is 25.2 Å². The van der Waals surface area contributed by atoms with Gasteiger partial charge < -0.3 is 19.9 Å². The number of amides is 2. The van der Waals surface area contributed by atoms with E-state index in [1.165, 1.54) is 0 Å². The number of aromatic nitrogens is 3. The SMILES string of the molecule is O=C(NCCn1ccnc1)N[C@H]1CCCO[C@@H]1c1ccncc1. The minimum absolute atomic E-state index is 0.0283. The first kappa shape index (κ1) is 15.5. The summed E-state index contributed by atoms with van der Waals surface area (Å²) in [5.41, 5.74) is 1.04. The highest BCUT2D eigenvalue weighted by molar-refractivity contribution is 5.74. The van der Waals surface area contributed by atoms with Gasteiger partial charge in [-0.2, -0.15) is 0 Å². The zero-order chi connectivity index (χ0) is 15.9. The molecule has 3 rings (SSSR count). The number of urea groups is 1. The normalized spacial score (nSPS) is 20.9. The van der Waals surface area contributed by atoms with Gasteiger partial charge in [0, 0.05) is 44.5 Å². The van der Waals surface area contributed by atoms with Gasteiger partial charge in [0.1, 0.15) is 6.10 Å². The highest BCUT2D eigenvalue weighted by atomic mass is 16.5. The van der Waals surface area contributed by atoms with Crippen LogP contribution in [0.25, 0.3) is 0 Å². The topological polar surface area (TPSA) is 81.1 Å². The van der Waals surface area contributed by atoms with Crippen LogP contribution in [-0.4, -0.2) is 39.8 Å². The lowest BCUT2D eigenvalue weighted by atomic mass is 9.97. The molecule has 0 saturated carbocycles. The Labute approximate surface area is 135 Å². The van der Waals surface area contributed by atoms with Gasteiger partial charge in [-0.25, -0.2) is 9.78 Å². The smallest absolute Gasteiger partial charge is 0.315 e. The van der Waals surface area contributed by atoms with Gasteiger partial charge in [-0.15, -0.1) is 0 Å². The molecule has 1 aliphatic rings. The standard InChI is InChI=1S/C16H21N5O2/c22-16(19-8-10-21-9-7-18-12-21)20-14-2-1-11-23-15(14)13-3-5-17-6-4-13/h3-7,9,12,14-15H,1-2,8,10-11H2,(H2,19,20,22)/t14-,15+/m0/s1. The molecule has 0 bridgehead atoms. The average Bonchev–Trinajstić information content (AvgIpc) is 3.09. The Hall–Kier alpha value is -2.41. The van der Waals surface area contributed by atoms with Crippen LogP contribution in [0.15, 0.2) is 43.2 Å². The Morgan fingerprint density at radius 3 is 2.96 bits per heavy atom. The monoisotopic (exact) mass is 315 g/mol. The minimum Gasteiger partial charge on any atom is -0.371 e. The van der Waals surface area contributed by atoms with Crippen molar-refractivity contribution < 1.29 is 9.53 Å². The molecule has 3 heterocycles. The third-order valence-corrected chi connectivity index (χ3v) is 3.89. The summed E-state index contributed by atoms with van der Waals surface area (Å²) in [4.78, 5) is 20.1. The number of rotatable bonds is 5. The highest BCUT2D eigenvalue weighted by Crippen LogP contribution is 2.27. The molecule has 7 nitrogen and oxygen atoms in total.